The second-order valence-electron chi connectivity index (χ2n) is 5.02. The number of hydrogen-bond donors (Lipinski definition) is 2. The SMILES string of the molecule is CN=C(NCC1CCOCC1)NCC1CCCS1. The van der Waals surface area contributed by atoms with Gasteiger partial charge in [-0.05, 0) is 37.4 Å². The van der Waals surface area contributed by atoms with Crippen LogP contribution in [0, 0.1) is 5.92 Å². The van der Waals surface area contributed by atoms with E-state index in [9.17, 15) is 0 Å². The monoisotopic (exact) mass is 271 g/mol. The summed E-state index contributed by atoms with van der Waals surface area (Å²) in [5, 5.41) is 7.64. The summed E-state index contributed by atoms with van der Waals surface area (Å²) in [6.45, 7) is 3.88. The van der Waals surface area contributed by atoms with Gasteiger partial charge in [0, 0.05) is 38.6 Å². The summed E-state index contributed by atoms with van der Waals surface area (Å²) in [7, 11) is 1.85. The Labute approximate surface area is 114 Å². The van der Waals surface area contributed by atoms with Crippen LogP contribution in [0.1, 0.15) is 25.7 Å². The summed E-state index contributed by atoms with van der Waals surface area (Å²) >= 11 is 2.08. The standard InChI is InChI=1S/C13H25N3OS/c1-14-13(16-10-12-3-2-8-18-12)15-9-11-4-6-17-7-5-11/h11-12H,2-10H2,1H3,(H2,14,15,16). The normalized spacial score (nSPS) is 26.3. The van der Waals surface area contributed by atoms with Crippen molar-refractivity contribution in [3.63, 3.8) is 0 Å². The maximum atomic E-state index is 5.37. The first-order chi connectivity index (χ1) is 8.88. The number of nitrogens with one attached hydrogen (secondary N) is 2. The van der Waals surface area contributed by atoms with E-state index in [4.69, 9.17) is 4.74 Å². The van der Waals surface area contributed by atoms with Crippen LogP contribution < -0.4 is 10.6 Å². The molecule has 2 N–H and O–H groups in total. The first-order valence-corrected chi connectivity index (χ1v) is 8.07. The van der Waals surface area contributed by atoms with E-state index in [1.54, 1.807) is 0 Å². The minimum atomic E-state index is 0.734. The molecule has 18 heavy (non-hydrogen) atoms. The highest BCUT2D eigenvalue weighted by Gasteiger charge is 2.17. The summed E-state index contributed by atoms with van der Waals surface area (Å²) < 4.78 is 5.37. The van der Waals surface area contributed by atoms with Crippen molar-refractivity contribution in [1.29, 1.82) is 0 Å². The van der Waals surface area contributed by atoms with Crippen LogP contribution in [-0.2, 0) is 4.74 Å². The van der Waals surface area contributed by atoms with Crippen molar-refractivity contribution in [3.05, 3.63) is 0 Å². The highest BCUT2D eigenvalue weighted by molar-refractivity contribution is 8.00. The van der Waals surface area contributed by atoms with Gasteiger partial charge in [-0.2, -0.15) is 11.8 Å². The minimum absolute atomic E-state index is 0.734. The molecule has 0 aromatic heterocycles. The van der Waals surface area contributed by atoms with Crippen LogP contribution in [0.5, 0.6) is 0 Å². The van der Waals surface area contributed by atoms with Gasteiger partial charge in [-0.15, -0.1) is 0 Å². The van der Waals surface area contributed by atoms with Crippen LogP contribution in [0.4, 0.5) is 0 Å². The number of rotatable bonds is 4. The van der Waals surface area contributed by atoms with Gasteiger partial charge in [0.05, 0.1) is 0 Å². The Hall–Kier alpha value is -0.420. The Balaban J connectivity index is 1.62. The molecule has 0 saturated carbocycles. The highest BCUT2D eigenvalue weighted by atomic mass is 32.2. The Bertz CT molecular complexity index is 261. The number of nitrogens with zero attached hydrogens (tertiary/aromatic N) is 1. The number of aliphatic imine (C=N–C) groups is 1. The summed E-state index contributed by atoms with van der Waals surface area (Å²) in [6.07, 6.45) is 5.05. The fourth-order valence-corrected chi connectivity index (χ4v) is 3.63. The zero-order valence-corrected chi connectivity index (χ0v) is 12.1. The van der Waals surface area contributed by atoms with Gasteiger partial charge in [-0.1, -0.05) is 0 Å². The van der Waals surface area contributed by atoms with Crippen LogP contribution in [0.2, 0.25) is 0 Å². The van der Waals surface area contributed by atoms with Crippen LogP contribution in [0.3, 0.4) is 0 Å². The molecule has 0 bridgehead atoms. The molecule has 0 radical (unpaired) electrons. The molecular weight excluding hydrogens is 246 g/mol. The topological polar surface area (TPSA) is 45.7 Å². The third kappa shape index (κ3) is 4.69. The predicted molar refractivity (Wildman–Crippen MR) is 78.4 cm³/mol. The van der Waals surface area contributed by atoms with Crippen LogP contribution in [0.25, 0.3) is 0 Å². The lowest BCUT2D eigenvalue weighted by molar-refractivity contribution is 0.0675. The van der Waals surface area contributed by atoms with Crippen LogP contribution >= 0.6 is 11.8 Å². The van der Waals surface area contributed by atoms with Gasteiger partial charge in [0.15, 0.2) is 5.96 Å². The van der Waals surface area contributed by atoms with E-state index >= 15 is 0 Å². The summed E-state index contributed by atoms with van der Waals surface area (Å²) in [4.78, 5) is 4.29. The van der Waals surface area contributed by atoms with Gasteiger partial charge < -0.3 is 15.4 Å². The van der Waals surface area contributed by atoms with Crippen molar-refractivity contribution in [1.82, 2.24) is 10.6 Å². The lowest BCUT2D eigenvalue weighted by Gasteiger charge is -2.23. The van der Waals surface area contributed by atoms with Crippen molar-refractivity contribution < 1.29 is 4.74 Å². The zero-order valence-electron chi connectivity index (χ0n) is 11.3. The molecule has 1 atom stereocenters. The zero-order chi connectivity index (χ0) is 12.6. The third-order valence-corrected chi connectivity index (χ3v) is 5.04. The second kappa shape index (κ2) is 7.89. The fourth-order valence-electron chi connectivity index (χ4n) is 2.43. The Morgan fingerprint density at radius 3 is 2.67 bits per heavy atom. The molecule has 2 heterocycles. The second-order valence-corrected chi connectivity index (χ2v) is 6.43. The van der Waals surface area contributed by atoms with Crippen molar-refractivity contribution in [3.8, 4) is 0 Å². The first-order valence-electron chi connectivity index (χ1n) is 7.02. The van der Waals surface area contributed by atoms with Crippen LogP contribution in [-0.4, -0.2) is 50.3 Å². The van der Waals surface area contributed by atoms with Crippen molar-refractivity contribution in [2.24, 2.45) is 10.9 Å². The molecule has 0 aliphatic carbocycles. The van der Waals surface area contributed by atoms with E-state index < -0.39 is 0 Å². The molecule has 2 aliphatic rings. The average molecular weight is 271 g/mol. The van der Waals surface area contributed by atoms with Gasteiger partial charge in [0.1, 0.15) is 0 Å². The molecule has 4 nitrogen and oxygen atoms in total. The number of guanidine groups is 1. The van der Waals surface area contributed by atoms with E-state index in [-0.39, 0.29) is 0 Å². The van der Waals surface area contributed by atoms with E-state index in [0.29, 0.717) is 0 Å². The summed E-state index contributed by atoms with van der Waals surface area (Å²) in [5.74, 6) is 3.01. The highest BCUT2D eigenvalue weighted by Crippen LogP contribution is 2.25. The Morgan fingerprint density at radius 2 is 2.00 bits per heavy atom. The maximum Gasteiger partial charge on any atom is 0.191 e. The van der Waals surface area contributed by atoms with Gasteiger partial charge in [-0.3, -0.25) is 4.99 Å². The largest absolute Gasteiger partial charge is 0.381 e. The summed E-state index contributed by atoms with van der Waals surface area (Å²) in [6, 6.07) is 0. The van der Waals surface area contributed by atoms with E-state index in [1.165, 1.54) is 31.4 Å². The lowest BCUT2D eigenvalue weighted by Crippen LogP contribution is -2.42. The van der Waals surface area contributed by atoms with Gasteiger partial charge in [0.25, 0.3) is 0 Å². The van der Waals surface area contributed by atoms with E-state index in [2.05, 4.69) is 27.4 Å². The predicted octanol–water partition coefficient (Wildman–Crippen LogP) is 1.47. The Kier molecular flexibility index (Phi) is 6.14. The molecule has 104 valence electrons. The van der Waals surface area contributed by atoms with E-state index in [1.807, 2.05) is 7.05 Å². The van der Waals surface area contributed by atoms with Crippen molar-refractivity contribution >= 4 is 17.7 Å². The third-order valence-electron chi connectivity index (χ3n) is 3.64. The lowest BCUT2D eigenvalue weighted by atomic mass is 10.0. The van der Waals surface area contributed by atoms with Gasteiger partial charge in [0.2, 0.25) is 0 Å². The number of ether oxygens (including phenoxy) is 1. The number of hydrogen-bond acceptors (Lipinski definition) is 3. The fraction of sp³-hybridized carbons (Fsp3) is 0.923. The van der Waals surface area contributed by atoms with Crippen molar-refractivity contribution in [2.45, 2.75) is 30.9 Å². The summed E-state index contributed by atoms with van der Waals surface area (Å²) in [5.41, 5.74) is 0. The van der Waals surface area contributed by atoms with Crippen molar-refractivity contribution in [2.75, 3.05) is 39.1 Å². The Morgan fingerprint density at radius 1 is 1.22 bits per heavy atom. The van der Waals surface area contributed by atoms with Gasteiger partial charge >= 0.3 is 0 Å². The smallest absolute Gasteiger partial charge is 0.191 e. The molecule has 5 heteroatoms. The minimum Gasteiger partial charge on any atom is -0.381 e. The molecule has 0 spiro atoms. The molecule has 2 aliphatic heterocycles. The molecule has 2 fully saturated rings. The van der Waals surface area contributed by atoms with Gasteiger partial charge in [-0.25, -0.2) is 0 Å². The molecule has 2 saturated heterocycles. The maximum absolute atomic E-state index is 5.37. The average Bonchev–Trinajstić information content (AvgIpc) is 2.93. The quantitative estimate of drug-likeness (QED) is 0.600. The molecule has 0 aromatic rings. The molecule has 1 unspecified atom stereocenters. The molecule has 0 aromatic carbocycles. The van der Waals surface area contributed by atoms with Crippen LogP contribution in [0.15, 0.2) is 4.99 Å². The molecule has 2 rings (SSSR count). The van der Waals surface area contributed by atoms with E-state index in [0.717, 1.165) is 43.4 Å². The molecular formula is C13H25N3OS. The molecule has 0 amide bonds. The number of thioether (sulfide) groups is 1. The first kappa shape index (κ1) is 14.0.